The molecular weight excluding hydrogens is 474 g/mol. The highest BCUT2D eigenvalue weighted by atomic mass is 31.1. The monoisotopic (exact) mass is 504 g/mol. The summed E-state index contributed by atoms with van der Waals surface area (Å²) in [4.78, 5) is 0. The van der Waals surface area contributed by atoms with Gasteiger partial charge in [0.15, 0.2) is 0 Å². The van der Waals surface area contributed by atoms with Crippen LogP contribution in [0.1, 0.15) is 12.5 Å². The van der Waals surface area contributed by atoms with Gasteiger partial charge < -0.3 is 4.74 Å². The standard InChI is InChI=1S/C33H30OP2/c1-2-34-26-27-16-12-13-23-31(27)36(30-21-10-5-11-22-30)33-25-15-14-24-32(33)35(28-17-6-3-7-18-28)29-19-8-4-9-20-29/h3-25H,2,26H2,1H3. The smallest absolute Gasteiger partial charge is 0.0723 e. The van der Waals surface area contributed by atoms with Crippen LogP contribution in [0.2, 0.25) is 0 Å². The van der Waals surface area contributed by atoms with Gasteiger partial charge in [-0.2, -0.15) is 0 Å². The molecule has 0 bridgehead atoms. The third kappa shape index (κ3) is 5.50. The van der Waals surface area contributed by atoms with Crippen molar-refractivity contribution in [2.24, 2.45) is 0 Å². The van der Waals surface area contributed by atoms with E-state index in [1.807, 2.05) is 0 Å². The fourth-order valence-corrected chi connectivity index (χ4v) is 9.89. The molecule has 0 heterocycles. The predicted octanol–water partition coefficient (Wildman–Crippen LogP) is 5.74. The third-order valence-electron chi connectivity index (χ3n) is 6.10. The normalized spacial score (nSPS) is 11.9. The Morgan fingerprint density at radius 2 is 0.833 bits per heavy atom. The first kappa shape index (κ1) is 24.6. The SMILES string of the molecule is CCOCc1ccccc1P(c1ccccc1)c1ccccc1P(c1ccccc1)c1ccccc1. The highest BCUT2D eigenvalue weighted by Gasteiger charge is 2.26. The van der Waals surface area contributed by atoms with Crippen LogP contribution in [0.4, 0.5) is 0 Å². The van der Waals surface area contributed by atoms with Crippen molar-refractivity contribution in [1.29, 1.82) is 0 Å². The first-order valence-electron chi connectivity index (χ1n) is 12.4. The van der Waals surface area contributed by atoms with Crippen LogP contribution < -0.4 is 31.8 Å². The Labute approximate surface area is 217 Å². The highest BCUT2D eigenvalue weighted by Crippen LogP contribution is 2.39. The average molecular weight is 505 g/mol. The summed E-state index contributed by atoms with van der Waals surface area (Å²) >= 11 is 0. The van der Waals surface area contributed by atoms with Gasteiger partial charge in [0, 0.05) is 6.61 Å². The molecule has 0 saturated carbocycles. The van der Waals surface area contributed by atoms with Gasteiger partial charge in [-0.05, 0) is 60.2 Å². The van der Waals surface area contributed by atoms with Gasteiger partial charge in [-0.1, -0.05) is 140 Å². The van der Waals surface area contributed by atoms with E-state index < -0.39 is 15.8 Å². The Morgan fingerprint density at radius 1 is 0.444 bits per heavy atom. The molecule has 1 unspecified atom stereocenters. The van der Waals surface area contributed by atoms with Crippen molar-refractivity contribution in [1.82, 2.24) is 0 Å². The van der Waals surface area contributed by atoms with Gasteiger partial charge in [0.2, 0.25) is 0 Å². The Balaban J connectivity index is 1.74. The van der Waals surface area contributed by atoms with E-state index >= 15 is 0 Å². The van der Waals surface area contributed by atoms with E-state index in [-0.39, 0.29) is 0 Å². The van der Waals surface area contributed by atoms with Crippen molar-refractivity contribution < 1.29 is 4.74 Å². The van der Waals surface area contributed by atoms with Crippen LogP contribution in [-0.4, -0.2) is 6.61 Å². The lowest BCUT2D eigenvalue weighted by Gasteiger charge is -2.28. The van der Waals surface area contributed by atoms with E-state index in [2.05, 4.69) is 146 Å². The van der Waals surface area contributed by atoms with Crippen molar-refractivity contribution in [3.63, 3.8) is 0 Å². The van der Waals surface area contributed by atoms with E-state index in [0.29, 0.717) is 13.2 Å². The molecule has 5 rings (SSSR count). The van der Waals surface area contributed by atoms with Gasteiger partial charge in [0.1, 0.15) is 0 Å². The topological polar surface area (TPSA) is 9.23 Å². The maximum Gasteiger partial charge on any atom is 0.0723 e. The van der Waals surface area contributed by atoms with Crippen molar-refractivity contribution in [2.75, 3.05) is 6.61 Å². The van der Waals surface area contributed by atoms with Crippen molar-refractivity contribution in [3.8, 4) is 0 Å². The summed E-state index contributed by atoms with van der Waals surface area (Å²) in [5.74, 6) is 0. The Kier molecular flexibility index (Phi) is 8.37. The molecule has 36 heavy (non-hydrogen) atoms. The van der Waals surface area contributed by atoms with Crippen LogP contribution in [0.25, 0.3) is 0 Å². The Bertz CT molecular complexity index is 1330. The Morgan fingerprint density at radius 3 is 1.33 bits per heavy atom. The zero-order chi connectivity index (χ0) is 24.6. The van der Waals surface area contributed by atoms with Crippen LogP contribution in [0.5, 0.6) is 0 Å². The maximum atomic E-state index is 5.91. The summed E-state index contributed by atoms with van der Waals surface area (Å²) in [6.45, 7) is 3.40. The number of hydrogen-bond donors (Lipinski definition) is 0. The second-order valence-corrected chi connectivity index (χ2v) is 12.8. The number of ether oxygens (including phenoxy) is 1. The van der Waals surface area contributed by atoms with Crippen molar-refractivity contribution in [2.45, 2.75) is 13.5 Å². The number of hydrogen-bond acceptors (Lipinski definition) is 1. The van der Waals surface area contributed by atoms with Crippen molar-refractivity contribution in [3.05, 3.63) is 145 Å². The van der Waals surface area contributed by atoms with E-state index in [0.717, 1.165) is 0 Å². The zero-order valence-corrected chi connectivity index (χ0v) is 22.3. The molecule has 0 N–H and O–H groups in total. The average Bonchev–Trinajstić information content (AvgIpc) is 2.95. The van der Waals surface area contributed by atoms with Gasteiger partial charge in [-0.15, -0.1) is 0 Å². The molecule has 1 atom stereocenters. The van der Waals surface area contributed by atoms with Crippen LogP contribution >= 0.6 is 15.8 Å². The van der Waals surface area contributed by atoms with E-state index in [4.69, 9.17) is 4.74 Å². The molecule has 0 aliphatic rings. The van der Waals surface area contributed by atoms with Crippen LogP contribution in [0.3, 0.4) is 0 Å². The molecule has 5 aromatic carbocycles. The first-order valence-corrected chi connectivity index (χ1v) is 15.0. The molecule has 0 amide bonds. The van der Waals surface area contributed by atoms with Crippen LogP contribution in [0.15, 0.2) is 140 Å². The molecular formula is C33H30OP2. The fourth-order valence-electron chi connectivity index (χ4n) is 4.47. The molecule has 3 heteroatoms. The number of rotatable bonds is 9. The molecule has 0 radical (unpaired) electrons. The predicted molar refractivity (Wildman–Crippen MR) is 159 cm³/mol. The molecule has 0 saturated heterocycles. The summed E-state index contributed by atoms with van der Waals surface area (Å²) in [6.07, 6.45) is 0. The fraction of sp³-hybridized carbons (Fsp3) is 0.0909. The molecule has 1 nitrogen and oxygen atoms in total. The van der Waals surface area contributed by atoms with Gasteiger partial charge >= 0.3 is 0 Å². The molecule has 0 spiro atoms. The quantitative estimate of drug-likeness (QED) is 0.233. The minimum absolute atomic E-state index is 0.632. The van der Waals surface area contributed by atoms with Gasteiger partial charge in [-0.25, -0.2) is 0 Å². The number of benzene rings is 5. The van der Waals surface area contributed by atoms with E-state index in [9.17, 15) is 0 Å². The minimum atomic E-state index is -0.781. The summed E-state index contributed by atoms with van der Waals surface area (Å²) in [6, 6.07) is 50.9. The van der Waals surface area contributed by atoms with Gasteiger partial charge in [0.25, 0.3) is 0 Å². The van der Waals surface area contributed by atoms with Crippen LogP contribution in [0, 0.1) is 0 Å². The van der Waals surface area contributed by atoms with E-state index in [1.165, 1.54) is 37.4 Å². The molecule has 0 aromatic heterocycles. The lowest BCUT2D eigenvalue weighted by Crippen LogP contribution is -2.35. The second-order valence-electron chi connectivity index (χ2n) is 8.43. The summed E-state index contributed by atoms with van der Waals surface area (Å²) in [5.41, 5.74) is 1.27. The zero-order valence-electron chi connectivity index (χ0n) is 20.5. The molecule has 178 valence electrons. The Hall–Kier alpha value is -3.08. The summed E-state index contributed by atoms with van der Waals surface area (Å²) in [7, 11) is -1.50. The molecule has 5 aromatic rings. The minimum Gasteiger partial charge on any atom is -0.377 e. The largest absolute Gasteiger partial charge is 0.377 e. The third-order valence-corrected chi connectivity index (χ3v) is 11.4. The van der Waals surface area contributed by atoms with Crippen molar-refractivity contribution >= 4 is 47.7 Å². The summed E-state index contributed by atoms with van der Waals surface area (Å²) in [5, 5.41) is 8.32. The summed E-state index contributed by atoms with van der Waals surface area (Å²) < 4.78 is 5.91. The molecule has 0 aliphatic carbocycles. The maximum absolute atomic E-state index is 5.91. The van der Waals surface area contributed by atoms with Gasteiger partial charge in [-0.3, -0.25) is 0 Å². The van der Waals surface area contributed by atoms with Gasteiger partial charge in [0.05, 0.1) is 6.61 Å². The lowest BCUT2D eigenvalue weighted by molar-refractivity contribution is 0.134. The van der Waals surface area contributed by atoms with E-state index in [1.54, 1.807) is 0 Å². The molecule has 0 aliphatic heterocycles. The first-order chi connectivity index (χ1) is 17.9. The second kappa shape index (κ2) is 12.2. The molecule has 0 fully saturated rings. The highest BCUT2D eigenvalue weighted by molar-refractivity contribution is 7.85. The van der Waals surface area contributed by atoms with Crippen LogP contribution in [-0.2, 0) is 11.3 Å². The lowest BCUT2D eigenvalue weighted by atomic mass is 10.2.